The highest BCUT2D eigenvalue weighted by atomic mass is 35.5. The fourth-order valence-electron chi connectivity index (χ4n) is 3.82. The van der Waals surface area contributed by atoms with E-state index in [4.69, 9.17) is 34.8 Å². The third-order valence-corrected chi connectivity index (χ3v) is 6.10. The standard InChI is InChI=1S/C21H21Cl3N2O2/c1-26(13-18(27)25-19-16(23)5-4-6-17(19)24)20(28)21(11-2-3-12-21)14-7-9-15(22)10-8-14/h4-10H,2-3,11-13H2,1H3,(H,25,27). The van der Waals surface area contributed by atoms with Crippen LogP contribution in [0.3, 0.4) is 0 Å². The predicted molar refractivity (Wildman–Crippen MR) is 114 cm³/mol. The Morgan fingerprint density at radius 1 is 1.00 bits per heavy atom. The van der Waals surface area contributed by atoms with Gasteiger partial charge in [0.2, 0.25) is 11.8 Å². The van der Waals surface area contributed by atoms with Gasteiger partial charge in [-0.15, -0.1) is 0 Å². The van der Waals surface area contributed by atoms with Gasteiger partial charge in [-0.3, -0.25) is 9.59 Å². The smallest absolute Gasteiger partial charge is 0.244 e. The van der Waals surface area contributed by atoms with Crippen LogP contribution in [-0.2, 0) is 15.0 Å². The summed E-state index contributed by atoms with van der Waals surface area (Å²) in [6.45, 7) is -0.0876. The number of nitrogens with zero attached hydrogens (tertiary/aromatic N) is 1. The molecule has 1 fully saturated rings. The van der Waals surface area contributed by atoms with E-state index in [2.05, 4.69) is 5.32 Å². The van der Waals surface area contributed by atoms with Crippen LogP contribution >= 0.6 is 34.8 Å². The highest BCUT2D eigenvalue weighted by Crippen LogP contribution is 2.42. The van der Waals surface area contributed by atoms with Crippen LogP contribution in [0.25, 0.3) is 0 Å². The first-order valence-electron chi connectivity index (χ1n) is 9.09. The number of anilines is 1. The van der Waals surface area contributed by atoms with Gasteiger partial charge in [-0.25, -0.2) is 0 Å². The molecule has 0 atom stereocenters. The Labute approximate surface area is 179 Å². The molecule has 7 heteroatoms. The molecule has 1 aliphatic carbocycles. The van der Waals surface area contributed by atoms with Gasteiger partial charge < -0.3 is 10.2 Å². The fraction of sp³-hybridized carbons (Fsp3) is 0.333. The number of benzene rings is 2. The summed E-state index contributed by atoms with van der Waals surface area (Å²) in [5.41, 5.74) is 0.688. The first-order valence-corrected chi connectivity index (χ1v) is 10.2. The summed E-state index contributed by atoms with van der Waals surface area (Å²) in [6, 6.07) is 12.4. The van der Waals surface area contributed by atoms with Crippen molar-refractivity contribution >= 4 is 52.3 Å². The van der Waals surface area contributed by atoms with Crippen LogP contribution in [0.15, 0.2) is 42.5 Å². The quantitative estimate of drug-likeness (QED) is 0.663. The monoisotopic (exact) mass is 438 g/mol. The number of carbonyl (C=O) groups is 2. The number of carbonyl (C=O) groups excluding carboxylic acids is 2. The number of nitrogens with one attached hydrogen (secondary N) is 1. The van der Waals surface area contributed by atoms with Crippen molar-refractivity contribution in [3.8, 4) is 0 Å². The summed E-state index contributed by atoms with van der Waals surface area (Å²) in [5, 5.41) is 4.03. The summed E-state index contributed by atoms with van der Waals surface area (Å²) in [6.07, 6.45) is 3.47. The zero-order valence-electron chi connectivity index (χ0n) is 15.5. The SMILES string of the molecule is CN(CC(=O)Nc1c(Cl)cccc1Cl)C(=O)C1(c2ccc(Cl)cc2)CCCC1. The number of amides is 2. The molecule has 1 aliphatic rings. The van der Waals surface area contributed by atoms with Gasteiger partial charge in [-0.1, -0.05) is 65.8 Å². The predicted octanol–water partition coefficient (Wildman–Crippen LogP) is 5.56. The summed E-state index contributed by atoms with van der Waals surface area (Å²) < 4.78 is 0. The van der Waals surface area contributed by atoms with Crippen molar-refractivity contribution in [2.75, 3.05) is 18.9 Å². The van der Waals surface area contributed by atoms with Gasteiger partial charge in [0.25, 0.3) is 0 Å². The van der Waals surface area contributed by atoms with Gasteiger partial charge in [0.1, 0.15) is 0 Å². The number of hydrogen-bond donors (Lipinski definition) is 1. The average Bonchev–Trinajstić information content (AvgIpc) is 3.15. The van der Waals surface area contributed by atoms with Crippen LogP contribution in [0.2, 0.25) is 15.1 Å². The molecule has 4 nitrogen and oxygen atoms in total. The lowest BCUT2D eigenvalue weighted by Crippen LogP contribution is -2.46. The number of hydrogen-bond acceptors (Lipinski definition) is 2. The third-order valence-electron chi connectivity index (χ3n) is 5.22. The van der Waals surface area contributed by atoms with Crippen LogP contribution in [0.4, 0.5) is 5.69 Å². The molecule has 28 heavy (non-hydrogen) atoms. The van der Waals surface area contributed by atoms with Crippen LogP contribution in [0.1, 0.15) is 31.2 Å². The molecule has 0 unspecified atom stereocenters. The van der Waals surface area contributed by atoms with Crippen molar-refractivity contribution in [3.63, 3.8) is 0 Å². The Balaban J connectivity index is 1.75. The molecule has 148 valence electrons. The molecule has 0 spiro atoms. The maximum atomic E-state index is 13.3. The van der Waals surface area contributed by atoms with Crippen molar-refractivity contribution in [2.45, 2.75) is 31.1 Å². The first kappa shape index (κ1) is 21.0. The Bertz CT molecular complexity index is 857. The molecule has 0 bridgehead atoms. The van der Waals surface area contributed by atoms with Crippen molar-refractivity contribution < 1.29 is 9.59 Å². The summed E-state index contributed by atoms with van der Waals surface area (Å²) in [4.78, 5) is 27.3. The van der Waals surface area contributed by atoms with Gasteiger partial charge in [-0.2, -0.15) is 0 Å². The second kappa shape index (κ2) is 8.73. The molecule has 0 saturated heterocycles. The van der Waals surface area contributed by atoms with Crippen molar-refractivity contribution in [3.05, 3.63) is 63.1 Å². The highest BCUT2D eigenvalue weighted by Gasteiger charge is 2.44. The normalized spacial score (nSPS) is 15.3. The van der Waals surface area contributed by atoms with E-state index in [0.717, 1.165) is 31.2 Å². The molecule has 0 aliphatic heterocycles. The van der Waals surface area contributed by atoms with E-state index in [1.165, 1.54) is 4.90 Å². The van der Waals surface area contributed by atoms with E-state index in [1.807, 2.05) is 12.1 Å². The number of rotatable bonds is 5. The topological polar surface area (TPSA) is 49.4 Å². The van der Waals surface area contributed by atoms with E-state index in [1.54, 1.807) is 37.4 Å². The Morgan fingerprint density at radius 2 is 1.57 bits per heavy atom. The van der Waals surface area contributed by atoms with Gasteiger partial charge in [0, 0.05) is 12.1 Å². The summed E-state index contributed by atoms with van der Waals surface area (Å²) in [7, 11) is 1.64. The van der Waals surface area contributed by atoms with Gasteiger partial charge in [-0.05, 0) is 42.7 Å². The Morgan fingerprint density at radius 3 is 2.14 bits per heavy atom. The second-order valence-corrected chi connectivity index (χ2v) is 8.35. The summed E-state index contributed by atoms with van der Waals surface area (Å²) in [5.74, 6) is -0.414. The molecule has 2 aromatic rings. The largest absolute Gasteiger partial charge is 0.336 e. The van der Waals surface area contributed by atoms with E-state index in [9.17, 15) is 9.59 Å². The maximum Gasteiger partial charge on any atom is 0.244 e. The number of halogens is 3. The molecule has 1 saturated carbocycles. The molecule has 0 aromatic heterocycles. The average molecular weight is 440 g/mol. The molecular formula is C21H21Cl3N2O2. The minimum atomic E-state index is -0.609. The lowest BCUT2D eigenvalue weighted by Gasteiger charge is -2.32. The van der Waals surface area contributed by atoms with Crippen LogP contribution < -0.4 is 5.32 Å². The lowest BCUT2D eigenvalue weighted by molar-refractivity contribution is -0.138. The molecule has 1 N–H and O–H groups in total. The van der Waals surface area contributed by atoms with E-state index in [0.29, 0.717) is 20.8 Å². The number of likely N-dealkylation sites (N-methyl/N-ethyl adjacent to an activating group) is 1. The van der Waals surface area contributed by atoms with Crippen LogP contribution in [0.5, 0.6) is 0 Å². The van der Waals surface area contributed by atoms with Gasteiger partial charge in [0.05, 0.1) is 27.7 Å². The Kier molecular flexibility index (Phi) is 6.54. The molecule has 0 radical (unpaired) electrons. The van der Waals surface area contributed by atoms with Gasteiger partial charge >= 0.3 is 0 Å². The highest BCUT2D eigenvalue weighted by molar-refractivity contribution is 6.39. The second-order valence-electron chi connectivity index (χ2n) is 7.10. The maximum absolute atomic E-state index is 13.3. The minimum Gasteiger partial charge on any atom is -0.336 e. The zero-order chi connectivity index (χ0) is 20.3. The molecule has 2 amide bonds. The summed E-state index contributed by atoms with van der Waals surface area (Å²) >= 11 is 18.2. The number of para-hydroxylation sites is 1. The zero-order valence-corrected chi connectivity index (χ0v) is 17.7. The molecular weight excluding hydrogens is 419 g/mol. The van der Waals surface area contributed by atoms with Crippen LogP contribution in [-0.4, -0.2) is 30.3 Å². The molecule has 0 heterocycles. The van der Waals surface area contributed by atoms with Crippen molar-refractivity contribution in [2.24, 2.45) is 0 Å². The van der Waals surface area contributed by atoms with Gasteiger partial charge in [0.15, 0.2) is 0 Å². The molecule has 3 rings (SSSR count). The molecule has 2 aromatic carbocycles. The van der Waals surface area contributed by atoms with E-state index >= 15 is 0 Å². The first-order chi connectivity index (χ1) is 13.3. The lowest BCUT2D eigenvalue weighted by atomic mass is 9.77. The third kappa shape index (κ3) is 4.29. The van der Waals surface area contributed by atoms with E-state index < -0.39 is 5.41 Å². The van der Waals surface area contributed by atoms with Crippen molar-refractivity contribution in [1.29, 1.82) is 0 Å². The van der Waals surface area contributed by atoms with E-state index in [-0.39, 0.29) is 18.4 Å². The van der Waals surface area contributed by atoms with Crippen molar-refractivity contribution in [1.82, 2.24) is 4.90 Å². The Hall–Kier alpha value is -1.75. The van der Waals surface area contributed by atoms with Crippen LogP contribution in [0, 0.1) is 0 Å². The minimum absolute atomic E-state index is 0.0623. The fourth-order valence-corrected chi connectivity index (χ4v) is 4.44.